The maximum atomic E-state index is 6.29. The first-order valence-electron chi connectivity index (χ1n) is 5.77. The van der Waals surface area contributed by atoms with Gasteiger partial charge in [0.25, 0.3) is 0 Å². The molecular weight excluding hydrogens is 246 g/mol. The van der Waals surface area contributed by atoms with Gasteiger partial charge < -0.3 is 10.5 Å². The quantitative estimate of drug-likeness (QED) is 0.914. The molecule has 0 saturated carbocycles. The van der Waals surface area contributed by atoms with Crippen molar-refractivity contribution >= 4 is 11.6 Å². The average Bonchev–Trinajstić information content (AvgIpc) is 2.39. The number of hydrogen-bond acceptors (Lipinski definition) is 2. The number of methoxy groups -OCH3 is 1. The Morgan fingerprint density at radius 3 is 2.39 bits per heavy atom. The Kier molecular flexibility index (Phi) is 3.90. The Morgan fingerprint density at radius 1 is 1.11 bits per heavy atom. The predicted molar refractivity (Wildman–Crippen MR) is 75.2 cm³/mol. The maximum Gasteiger partial charge on any atom is 0.123 e. The van der Waals surface area contributed by atoms with Crippen LogP contribution in [0.1, 0.15) is 22.7 Å². The lowest BCUT2D eigenvalue weighted by molar-refractivity contribution is 0.407. The van der Waals surface area contributed by atoms with E-state index in [2.05, 4.69) is 6.07 Å². The second kappa shape index (κ2) is 5.42. The number of rotatable bonds is 3. The van der Waals surface area contributed by atoms with Crippen LogP contribution >= 0.6 is 11.6 Å². The van der Waals surface area contributed by atoms with E-state index in [4.69, 9.17) is 22.1 Å². The van der Waals surface area contributed by atoms with Crippen LogP contribution < -0.4 is 10.5 Å². The van der Waals surface area contributed by atoms with E-state index >= 15 is 0 Å². The van der Waals surface area contributed by atoms with Crippen LogP contribution in [0.2, 0.25) is 5.02 Å². The Balaban J connectivity index is 2.41. The normalized spacial score (nSPS) is 12.2. The molecule has 0 aliphatic carbocycles. The summed E-state index contributed by atoms with van der Waals surface area (Å²) in [5, 5.41) is 0.710. The Labute approximate surface area is 112 Å². The number of benzene rings is 2. The zero-order valence-electron chi connectivity index (χ0n) is 10.5. The van der Waals surface area contributed by atoms with Crippen molar-refractivity contribution in [3.8, 4) is 5.75 Å². The highest BCUT2D eigenvalue weighted by molar-refractivity contribution is 6.30. The summed E-state index contributed by atoms with van der Waals surface area (Å²) in [6.45, 7) is 2.04. The van der Waals surface area contributed by atoms with Crippen molar-refractivity contribution in [2.45, 2.75) is 13.0 Å². The average molecular weight is 262 g/mol. The zero-order chi connectivity index (χ0) is 13.1. The van der Waals surface area contributed by atoms with Gasteiger partial charge in [-0.05, 0) is 30.7 Å². The molecule has 2 N–H and O–H groups in total. The van der Waals surface area contributed by atoms with Crippen LogP contribution in [0.5, 0.6) is 5.75 Å². The van der Waals surface area contributed by atoms with Gasteiger partial charge in [0.2, 0.25) is 0 Å². The highest BCUT2D eigenvalue weighted by Crippen LogP contribution is 2.29. The third kappa shape index (κ3) is 2.66. The minimum Gasteiger partial charge on any atom is -0.496 e. The van der Waals surface area contributed by atoms with Crippen molar-refractivity contribution < 1.29 is 4.74 Å². The molecular formula is C15H16ClNO. The molecule has 0 amide bonds. The van der Waals surface area contributed by atoms with E-state index in [0.29, 0.717) is 5.02 Å². The number of halogens is 1. The molecule has 0 radical (unpaired) electrons. The first-order valence-corrected chi connectivity index (χ1v) is 6.15. The molecule has 0 heterocycles. The molecule has 0 aliphatic heterocycles. The molecule has 0 bridgehead atoms. The zero-order valence-corrected chi connectivity index (χ0v) is 11.2. The van der Waals surface area contributed by atoms with Gasteiger partial charge in [0, 0.05) is 10.6 Å². The highest BCUT2D eigenvalue weighted by atomic mass is 35.5. The van der Waals surface area contributed by atoms with Gasteiger partial charge in [-0.3, -0.25) is 0 Å². The van der Waals surface area contributed by atoms with Crippen molar-refractivity contribution in [3.05, 3.63) is 64.2 Å². The SMILES string of the molecule is COc1ccc(C)cc1C(N)c1ccc(Cl)cc1. The van der Waals surface area contributed by atoms with Gasteiger partial charge >= 0.3 is 0 Å². The van der Waals surface area contributed by atoms with E-state index in [1.165, 1.54) is 0 Å². The van der Waals surface area contributed by atoms with Crippen LogP contribution in [0, 0.1) is 6.92 Å². The summed E-state index contributed by atoms with van der Waals surface area (Å²) in [7, 11) is 1.66. The molecule has 0 fully saturated rings. The van der Waals surface area contributed by atoms with E-state index in [1.54, 1.807) is 7.11 Å². The van der Waals surface area contributed by atoms with Gasteiger partial charge in [0.1, 0.15) is 5.75 Å². The van der Waals surface area contributed by atoms with Gasteiger partial charge in [-0.2, -0.15) is 0 Å². The molecule has 94 valence electrons. The third-order valence-electron chi connectivity index (χ3n) is 2.95. The Hall–Kier alpha value is -1.51. The number of nitrogens with two attached hydrogens (primary N) is 1. The van der Waals surface area contributed by atoms with Crippen LogP contribution in [0.4, 0.5) is 0 Å². The molecule has 1 unspecified atom stereocenters. The minimum atomic E-state index is -0.211. The molecule has 0 saturated heterocycles. The third-order valence-corrected chi connectivity index (χ3v) is 3.20. The molecule has 2 aromatic rings. The van der Waals surface area contributed by atoms with Crippen molar-refractivity contribution in [2.24, 2.45) is 5.73 Å². The van der Waals surface area contributed by atoms with Crippen molar-refractivity contribution in [1.82, 2.24) is 0 Å². The van der Waals surface area contributed by atoms with Crippen LogP contribution in [0.3, 0.4) is 0 Å². The second-order valence-electron chi connectivity index (χ2n) is 4.27. The summed E-state index contributed by atoms with van der Waals surface area (Å²) in [5.74, 6) is 0.808. The van der Waals surface area contributed by atoms with Gasteiger partial charge in [0.15, 0.2) is 0 Å². The fraction of sp³-hybridized carbons (Fsp3) is 0.200. The summed E-state index contributed by atoms with van der Waals surface area (Å²) >= 11 is 5.88. The number of aryl methyl sites for hydroxylation is 1. The van der Waals surface area contributed by atoms with Crippen LogP contribution in [0.25, 0.3) is 0 Å². The van der Waals surface area contributed by atoms with E-state index in [-0.39, 0.29) is 6.04 Å². The summed E-state index contributed by atoms with van der Waals surface area (Å²) in [6.07, 6.45) is 0. The van der Waals surface area contributed by atoms with Gasteiger partial charge in [-0.1, -0.05) is 41.4 Å². The number of hydrogen-bond donors (Lipinski definition) is 1. The molecule has 0 aliphatic rings. The van der Waals surface area contributed by atoms with Gasteiger partial charge in [0.05, 0.1) is 13.2 Å². The lowest BCUT2D eigenvalue weighted by Gasteiger charge is -2.17. The van der Waals surface area contributed by atoms with E-state index < -0.39 is 0 Å². The maximum absolute atomic E-state index is 6.29. The lowest BCUT2D eigenvalue weighted by atomic mass is 9.97. The van der Waals surface area contributed by atoms with Crippen molar-refractivity contribution in [3.63, 3.8) is 0 Å². The summed E-state index contributed by atoms with van der Waals surface area (Å²) < 4.78 is 5.36. The Bertz CT molecular complexity index is 537. The predicted octanol–water partition coefficient (Wildman–Crippen LogP) is 3.71. The standard InChI is InChI=1S/C15H16ClNO/c1-10-3-8-14(18-2)13(9-10)15(17)11-4-6-12(16)7-5-11/h3-9,15H,17H2,1-2H3. The molecule has 3 heteroatoms. The van der Waals surface area contributed by atoms with Crippen molar-refractivity contribution in [2.75, 3.05) is 7.11 Å². The van der Waals surface area contributed by atoms with Gasteiger partial charge in [-0.25, -0.2) is 0 Å². The van der Waals surface area contributed by atoms with Crippen LogP contribution in [-0.4, -0.2) is 7.11 Å². The molecule has 1 atom stereocenters. The minimum absolute atomic E-state index is 0.211. The fourth-order valence-corrected chi connectivity index (χ4v) is 2.07. The molecule has 2 rings (SSSR count). The first-order chi connectivity index (χ1) is 8.61. The Morgan fingerprint density at radius 2 is 1.78 bits per heavy atom. The molecule has 0 aromatic heterocycles. The van der Waals surface area contributed by atoms with E-state index in [1.807, 2.05) is 43.3 Å². The highest BCUT2D eigenvalue weighted by Gasteiger charge is 2.14. The summed E-state index contributed by atoms with van der Waals surface area (Å²) in [6, 6.07) is 13.4. The fourth-order valence-electron chi connectivity index (χ4n) is 1.95. The summed E-state index contributed by atoms with van der Waals surface area (Å²) in [4.78, 5) is 0. The smallest absolute Gasteiger partial charge is 0.123 e. The largest absolute Gasteiger partial charge is 0.496 e. The number of ether oxygens (including phenoxy) is 1. The second-order valence-corrected chi connectivity index (χ2v) is 4.71. The molecule has 18 heavy (non-hydrogen) atoms. The van der Waals surface area contributed by atoms with Gasteiger partial charge in [-0.15, -0.1) is 0 Å². The van der Waals surface area contributed by atoms with E-state index in [9.17, 15) is 0 Å². The first kappa shape index (κ1) is 12.9. The van der Waals surface area contributed by atoms with Crippen LogP contribution in [0.15, 0.2) is 42.5 Å². The topological polar surface area (TPSA) is 35.2 Å². The monoisotopic (exact) mass is 261 g/mol. The molecule has 0 spiro atoms. The lowest BCUT2D eigenvalue weighted by Crippen LogP contribution is -2.13. The summed E-state index contributed by atoms with van der Waals surface area (Å²) in [5.41, 5.74) is 9.45. The van der Waals surface area contributed by atoms with E-state index in [0.717, 1.165) is 22.4 Å². The molecule has 2 aromatic carbocycles. The molecule has 2 nitrogen and oxygen atoms in total. The van der Waals surface area contributed by atoms with Crippen LogP contribution in [-0.2, 0) is 0 Å². The van der Waals surface area contributed by atoms with Crippen molar-refractivity contribution in [1.29, 1.82) is 0 Å².